The Morgan fingerprint density at radius 1 is 1.04 bits per heavy atom. The van der Waals surface area contributed by atoms with Gasteiger partial charge < -0.3 is 18.8 Å². The minimum absolute atomic E-state index is 0.0571. The molecule has 0 saturated heterocycles. The average molecular weight is 622 g/mol. The summed E-state index contributed by atoms with van der Waals surface area (Å²) in [5, 5.41) is 1.05. The number of fused-ring (bicyclic) bond motifs is 2. The van der Waals surface area contributed by atoms with Crippen LogP contribution in [-0.2, 0) is 16.1 Å². The summed E-state index contributed by atoms with van der Waals surface area (Å²) in [5.41, 5.74) is 4.47. The number of methoxy groups -OCH3 is 1. The highest BCUT2D eigenvalue weighted by molar-refractivity contribution is 7.07. The quantitative estimate of drug-likeness (QED) is 0.200. The van der Waals surface area contributed by atoms with E-state index >= 15 is 0 Å². The number of esters is 1. The molecule has 1 aliphatic rings. The van der Waals surface area contributed by atoms with Gasteiger partial charge in [-0.2, -0.15) is 0 Å². The topological polar surface area (TPSA) is 84.1 Å². The van der Waals surface area contributed by atoms with Crippen LogP contribution in [0.25, 0.3) is 17.0 Å². The summed E-state index contributed by atoms with van der Waals surface area (Å²) in [6.07, 6.45) is 3.95. The van der Waals surface area contributed by atoms with E-state index < -0.39 is 12.0 Å². The molecule has 0 radical (unpaired) electrons. The van der Waals surface area contributed by atoms with E-state index in [1.54, 1.807) is 25.5 Å². The zero-order chi connectivity index (χ0) is 31.7. The SMILES string of the molecule is CCOC(=O)C1=C(C)N=c2s/c(=C/c3cn(Cc4ccccc4)c4ccccc34)c(=O)n2[C@H]1c1ccc(OC(C)C)c(OC)c1. The molecule has 45 heavy (non-hydrogen) atoms. The van der Waals surface area contributed by atoms with Gasteiger partial charge in [0.1, 0.15) is 0 Å². The van der Waals surface area contributed by atoms with Crippen LogP contribution in [0.2, 0.25) is 0 Å². The van der Waals surface area contributed by atoms with Crippen LogP contribution >= 0.6 is 11.3 Å². The van der Waals surface area contributed by atoms with Crippen molar-refractivity contribution >= 4 is 34.3 Å². The Kier molecular flexibility index (Phi) is 8.45. The molecule has 9 heteroatoms. The molecule has 0 fully saturated rings. The van der Waals surface area contributed by atoms with E-state index in [2.05, 4.69) is 35.0 Å². The van der Waals surface area contributed by atoms with E-state index in [0.717, 1.165) is 16.5 Å². The first-order chi connectivity index (χ1) is 21.8. The van der Waals surface area contributed by atoms with Crippen molar-refractivity contribution in [2.24, 2.45) is 4.99 Å². The second-order valence-electron chi connectivity index (χ2n) is 11.1. The number of thiazole rings is 1. The number of rotatable bonds is 9. The average Bonchev–Trinajstić information content (AvgIpc) is 3.53. The smallest absolute Gasteiger partial charge is 0.338 e. The van der Waals surface area contributed by atoms with Gasteiger partial charge >= 0.3 is 5.97 Å². The van der Waals surface area contributed by atoms with E-state index in [1.165, 1.54) is 16.9 Å². The molecule has 2 aromatic heterocycles. The minimum atomic E-state index is -0.760. The van der Waals surface area contributed by atoms with Gasteiger partial charge in [-0.3, -0.25) is 9.36 Å². The summed E-state index contributed by atoms with van der Waals surface area (Å²) in [4.78, 5) is 32.9. The zero-order valence-electron chi connectivity index (χ0n) is 25.9. The Morgan fingerprint density at radius 3 is 2.53 bits per heavy atom. The van der Waals surface area contributed by atoms with Crippen LogP contribution in [0.4, 0.5) is 0 Å². The van der Waals surface area contributed by atoms with Crippen molar-refractivity contribution in [3.8, 4) is 11.5 Å². The maximum atomic E-state index is 14.3. The third kappa shape index (κ3) is 5.83. The minimum Gasteiger partial charge on any atom is -0.493 e. The highest BCUT2D eigenvalue weighted by atomic mass is 32.1. The van der Waals surface area contributed by atoms with Crippen molar-refractivity contribution in [2.75, 3.05) is 13.7 Å². The van der Waals surface area contributed by atoms with Gasteiger partial charge in [-0.15, -0.1) is 0 Å². The van der Waals surface area contributed by atoms with E-state index in [4.69, 9.17) is 19.2 Å². The molecule has 0 aliphatic carbocycles. The maximum absolute atomic E-state index is 14.3. The summed E-state index contributed by atoms with van der Waals surface area (Å²) < 4.78 is 21.4. The monoisotopic (exact) mass is 621 g/mol. The summed E-state index contributed by atoms with van der Waals surface area (Å²) in [5.74, 6) is 0.574. The number of benzene rings is 3. The first-order valence-corrected chi connectivity index (χ1v) is 15.8. The standard InChI is InChI=1S/C36H35N3O5S/c1-6-43-35(41)32-23(4)37-36-39(33(32)25-16-17-29(44-22(2)3)30(18-25)42-5)34(40)31(45-36)19-26-21-38(20-24-12-8-7-9-13-24)28-15-11-10-14-27(26)28/h7-19,21-22,33H,6,20H2,1-5H3/b31-19+/t33-/m0/s1. The normalized spacial score (nSPS) is 14.9. The highest BCUT2D eigenvalue weighted by Gasteiger charge is 2.34. The van der Waals surface area contributed by atoms with Gasteiger partial charge in [0, 0.05) is 29.2 Å². The fourth-order valence-electron chi connectivity index (χ4n) is 5.75. The van der Waals surface area contributed by atoms with Gasteiger partial charge in [-0.1, -0.05) is 65.9 Å². The second kappa shape index (κ2) is 12.6. The highest BCUT2D eigenvalue weighted by Crippen LogP contribution is 2.36. The molecule has 0 unspecified atom stereocenters. The van der Waals surface area contributed by atoms with Gasteiger partial charge in [-0.25, -0.2) is 9.79 Å². The Labute approximate surface area is 265 Å². The molecule has 5 aromatic rings. The summed E-state index contributed by atoms with van der Waals surface area (Å²) in [6.45, 7) is 8.32. The van der Waals surface area contributed by atoms with E-state index in [-0.39, 0.29) is 18.3 Å². The number of carbonyl (C=O) groups excluding carboxylic acids is 1. The molecule has 8 nitrogen and oxygen atoms in total. The predicted octanol–water partition coefficient (Wildman–Crippen LogP) is 5.60. The van der Waals surface area contributed by atoms with Gasteiger partial charge in [0.2, 0.25) is 0 Å². The first-order valence-electron chi connectivity index (χ1n) is 14.9. The number of ether oxygens (including phenoxy) is 3. The lowest BCUT2D eigenvalue weighted by Gasteiger charge is -2.25. The van der Waals surface area contributed by atoms with Crippen LogP contribution in [0, 0.1) is 0 Å². The van der Waals surface area contributed by atoms with Gasteiger partial charge in [-0.05, 0) is 63.1 Å². The lowest BCUT2D eigenvalue weighted by Crippen LogP contribution is -2.40. The Balaban J connectivity index is 1.52. The summed E-state index contributed by atoms with van der Waals surface area (Å²) in [6, 6.07) is 23.2. The Hall–Kier alpha value is -4.89. The van der Waals surface area contributed by atoms with Crippen LogP contribution in [0.3, 0.4) is 0 Å². The van der Waals surface area contributed by atoms with Crippen molar-refractivity contribution in [3.05, 3.63) is 127 Å². The van der Waals surface area contributed by atoms with Crippen LogP contribution in [0.1, 0.15) is 50.4 Å². The number of nitrogens with zero attached hydrogens (tertiary/aromatic N) is 3. The van der Waals surface area contributed by atoms with E-state index in [9.17, 15) is 9.59 Å². The zero-order valence-corrected chi connectivity index (χ0v) is 26.8. The fourth-order valence-corrected chi connectivity index (χ4v) is 6.79. The number of aromatic nitrogens is 2. The van der Waals surface area contributed by atoms with Crippen LogP contribution in [0.15, 0.2) is 100 Å². The molecule has 0 spiro atoms. The third-order valence-corrected chi connectivity index (χ3v) is 8.67. The number of para-hydroxylation sites is 1. The van der Waals surface area contributed by atoms with Crippen LogP contribution in [-0.4, -0.2) is 34.9 Å². The van der Waals surface area contributed by atoms with Crippen molar-refractivity contribution in [2.45, 2.75) is 46.4 Å². The lowest BCUT2D eigenvalue weighted by molar-refractivity contribution is -0.139. The molecule has 1 atom stereocenters. The summed E-state index contributed by atoms with van der Waals surface area (Å²) >= 11 is 1.31. The molecule has 1 aliphatic heterocycles. The predicted molar refractivity (Wildman–Crippen MR) is 177 cm³/mol. The molecule has 0 amide bonds. The second-order valence-corrected chi connectivity index (χ2v) is 12.1. The first kappa shape index (κ1) is 30.1. The van der Waals surface area contributed by atoms with Crippen molar-refractivity contribution < 1.29 is 19.0 Å². The fraction of sp³-hybridized carbons (Fsp3) is 0.250. The largest absolute Gasteiger partial charge is 0.493 e. The van der Waals surface area contributed by atoms with Crippen molar-refractivity contribution in [3.63, 3.8) is 0 Å². The molecular formula is C36H35N3O5S. The van der Waals surface area contributed by atoms with E-state index in [1.807, 2.05) is 68.5 Å². The van der Waals surface area contributed by atoms with Crippen molar-refractivity contribution in [1.82, 2.24) is 9.13 Å². The molecular weight excluding hydrogens is 586 g/mol. The van der Waals surface area contributed by atoms with Gasteiger partial charge in [0.15, 0.2) is 16.3 Å². The lowest BCUT2D eigenvalue weighted by atomic mass is 9.95. The van der Waals surface area contributed by atoms with Gasteiger partial charge in [0.05, 0.1) is 41.7 Å². The maximum Gasteiger partial charge on any atom is 0.338 e. The van der Waals surface area contributed by atoms with Gasteiger partial charge in [0.25, 0.3) is 5.56 Å². The number of carbonyl (C=O) groups is 1. The third-order valence-electron chi connectivity index (χ3n) is 7.68. The molecule has 0 N–H and O–H groups in total. The molecule has 3 heterocycles. The van der Waals surface area contributed by atoms with Crippen molar-refractivity contribution in [1.29, 1.82) is 0 Å². The molecule has 0 bridgehead atoms. The van der Waals surface area contributed by atoms with Crippen LogP contribution in [0.5, 0.6) is 11.5 Å². The number of hydrogen-bond acceptors (Lipinski definition) is 7. The molecule has 3 aromatic carbocycles. The molecule has 230 valence electrons. The molecule has 6 rings (SSSR count). The number of hydrogen-bond donors (Lipinski definition) is 0. The Morgan fingerprint density at radius 2 is 1.80 bits per heavy atom. The molecule has 0 saturated carbocycles. The van der Waals surface area contributed by atoms with E-state index in [0.29, 0.717) is 44.2 Å². The Bertz CT molecular complexity index is 2100. The summed E-state index contributed by atoms with van der Waals surface area (Å²) in [7, 11) is 1.57. The number of allylic oxidation sites excluding steroid dienone is 1. The van der Waals surface area contributed by atoms with Crippen LogP contribution < -0.4 is 24.4 Å².